The van der Waals surface area contributed by atoms with Crippen LogP contribution in [0, 0.1) is 3.57 Å². The standard InChI is InChI=1S/C16H13IN2O2/c17-12-6-7-14-13(10-12)15(20)19(16(21)18-14)9-8-11-4-2-1-3-5-11/h1-7,10H,8-9H2,(H,18,21). The van der Waals surface area contributed by atoms with Crippen molar-refractivity contribution in [1.29, 1.82) is 0 Å². The van der Waals surface area contributed by atoms with Crippen LogP contribution in [0.15, 0.2) is 58.1 Å². The molecule has 0 saturated heterocycles. The van der Waals surface area contributed by atoms with Crippen LogP contribution in [-0.4, -0.2) is 9.55 Å². The smallest absolute Gasteiger partial charge is 0.307 e. The van der Waals surface area contributed by atoms with Crippen LogP contribution in [0.1, 0.15) is 5.56 Å². The third-order valence-corrected chi connectivity index (χ3v) is 4.08. The number of aromatic amines is 1. The van der Waals surface area contributed by atoms with E-state index in [4.69, 9.17) is 0 Å². The molecule has 0 aliphatic heterocycles. The first kappa shape index (κ1) is 14.1. The van der Waals surface area contributed by atoms with Gasteiger partial charge in [0.25, 0.3) is 5.56 Å². The van der Waals surface area contributed by atoms with Gasteiger partial charge in [-0.3, -0.25) is 9.36 Å². The Morgan fingerprint density at radius 3 is 2.57 bits per heavy atom. The Morgan fingerprint density at radius 1 is 1.05 bits per heavy atom. The van der Waals surface area contributed by atoms with E-state index in [0.717, 1.165) is 9.13 Å². The monoisotopic (exact) mass is 392 g/mol. The molecule has 0 unspecified atom stereocenters. The van der Waals surface area contributed by atoms with E-state index in [2.05, 4.69) is 27.6 Å². The molecule has 0 saturated carbocycles. The Kier molecular flexibility index (Phi) is 3.92. The summed E-state index contributed by atoms with van der Waals surface area (Å²) >= 11 is 2.16. The second kappa shape index (κ2) is 5.85. The summed E-state index contributed by atoms with van der Waals surface area (Å²) in [4.78, 5) is 27.3. The SMILES string of the molecule is O=c1[nH]c2ccc(I)cc2c(=O)n1CCc1ccccc1. The predicted molar refractivity (Wildman–Crippen MR) is 91.7 cm³/mol. The summed E-state index contributed by atoms with van der Waals surface area (Å²) in [5.41, 5.74) is 1.10. The summed E-state index contributed by atoms with van der Waals surface area (Å²) < 4.78 is 2.24. The van der Waals surface area contributed by atoms with Crippen LogP contribution < -0.4 is 11.2 Å². The van der Waals surface area contributed by atoms with Crippen molar-refractivity contribution in [3.63, 3.8) is 0 Å². The van der Waals surface area contributed by atoms with Gasteiger partial charge in [0, 0.05) is 10.1 Å². The number of fused-ring (bicyclic) bond motifs is 1. The van der Waals surface area contributed by atoms with Gasteiger partial charge in [-0.1, -0.05) is 30.3 Å². The number of hydrogen-bond donors (Lipinski definition) is 1. The lowest BCUT2D eigenvalue weighted by atomic mass is 10.1. The molecule has 5 heteroatoms. The van der Waals surface area contributed by atoms with E-state index >= 15 is 0 Å². The molecule has 3 rings (SSSR count). The Bertz CT molecular complexity index is 898. The van der Waals surface area contributed by atoms with Gasteiger partial charge < -0.3 is 4.98 Å². The zero-order valence-electron chi connectivity index (χ0n) is 11.2. The largest absolute Gasteiger partial charge is 0.328 e. The summed E-state index contributed by atoms with van der Waals surface area (Å²) in [5.74, 6) is 0. The van der Waals surface area contributed by atoms with Gasteiger partial charge in [0.1, 0.15) is 0 Å². The number of nitrogens with zero attached hydrogens (tertiary/aromatic N) is 1. The van der Waals surface area contributed by atoms with E-state index < -0.39 is 0 Å². The van der Waals surface area contributed by atoms with Crippen LogP contribution in [0.25, 0.3) is 10.9 Å². The highest BCUT2D eigenvalue weighted by Gasteiger charge is 2.08. The molecule has 0 aliphatic carbocycles. The van der Waals surface area contributed by atoms with Gasteiger partial charge in [-0.15, -0.1) is 0 Å². The van der Waals surface area contributed by atoms with Crippen LogP contribution in [0.4, 0.5) is 0 Å². The number of aromatic nitrogens is 2. The molecule has 21 heavy (non-hydrogen) atoms. The van der Waals surface area contributed by atoms with Crippen LogP contribution in [0.2, 0.25) is 0 Å². The summed E-state index contributed by atoms with van der Waals surface area (Å²) in [6.45, 7) is 0.375. The van der Waals surface area contributed by atoms with Gasteiger partial charge in [-0.05, 0) is 52.8 Å². The van der Waals surface area contributed by atoms with E-state index in [0.29, 0.717) is 23.9 Å². The quantitative estimate of drug-likeness (QED) is 0.697. The molecule has 0 aliphatic rings. The fraction of sp³-hybridized carbons (Fsp3) is 0.125. The highest BCUT2D eigenvalue weighted by molar-refractivity contribution is 14.1. The molecule has 0 atom stereocenters. The maximum absolute atomic E-state index is 12.5. The maximum Gasteiger partial charge on any atom is 0.328 e. The van der Waals surface area contributed by atoms with Crippen LogP contribution in [0.3, 0.4) is 0 Å². The molecule has 1 heterocycles. The molecule has 0 fully saturated rings. The molecule has 0 amide bonds. The lowest BCUT2D eigenvalue weighted by Crippen LogP contribution is -2.35. The van der Waals surface area contributed by atoms with Crippen molar-refractivity contribution >= 4 is 33.5 Å². The van der Waals surface area contributed by atoms with Crippen LogP contribution in [-0.2, 0) is 13.0 Å². The van der Waals surface area contributed by atoms with E-state index in [1.165, 1.54) is 4.57 Å². The normalized spacial score (nSPS) is 10.9. The van der Waals surface area contributed by atoms with E-state index in [-0.39, 0.29) is 11.2 Å². The van der Waals surface area contributed by atoms with Gasteiger partial charge in [0.05, 0.1) is 10.9 Å². The second-order valence-electron chi connectivity index (χ2n) is 4.81. The number of halogens is 1. The van der Waals surface area contributed by atoms with Crippen molar-refractivity contribution < 1.29 is 0 Å². The van der Waals surface area contributed by atoms with Crippen molar-refractivity contribution in [2.45, 2.75) is 13.0 Å². The second-order valence-corrected chi connectivity index (χ2v) is 6.06. The van der Waals surface area contributed by atoms with Gasteiger partial charge in [0.2, 0.25) is 0 Å². The van der Waals surface area contributed by atoms with E-state index in [1.807, 2.05) is 36.4 Å². The van der Waals surface area contributed by atoms with Gasteiger partial charge >= 0.3 is 5.69 Å². The molecule has 0 spiro atoms. The first-order valence-corrected chi connectivity index (χ1v) is 7.69. The fourth-order valence-corrected chi connectivity index (χ4v) is 2.80. The minimum atomic E-state index is -0.357. The molecular formula is C16H13IN2O2. The third-order valence-electron chi connectivity index (χ3n) is 3.41. The molecule has 4 nitrogen and oxygen atoms in total. The van der Waals surface area contributed by atoms with Gasteiger partial charge in [0.15, 0.2) is 0 Å². The zero-order valence-corrected chi connectivity index (χ0v) is 13.3. The van der Waals surface area contributed by atoms with Crippen molar-refractivity contribution in [3.05, 3.63) is 78.5 Å². The third kappa shape index (κ3) is 2.92. The van der Waals surface area contributed by atoms with Gasteiger partial charge in [-0.2, -0.15) is 0 Å². The lowest BCUT2D eigenvalue weighted by Gasteiger charge is -2.07. The Labute approximate surface area is 134 Å². The Morgan fingerprint density at radius 2 is 1.81 bits per heavy atom. The zero-order chi connectivity index (χ0) is 14.8. The Balaban J connectivity index is 2.02. The first-order valence-electron chi connectivity index (χ1n) is 6.61. The van der Waals surface area contributed by atoms with Gasteiger partial charge in [-0.25, -0.2) is 4.79 Å². The Hall–Kier alpha value is -1.89. The predicted octanol–water partition coefficient (Wildman–Crippen LogP) is 2.54. The van der Waals surface area contributed by atoms with Crippen LogP contribution >= 0.6 is 22.6 Å². The lowest BCUT2D eigenvalue weighted by molar-refractivity contribution is 0.636. The minimum absolute atomic E-state index is 0.233. The molecular weight excluding hydrogens is 379 g/mol. The number of hydrogen-bond acceptors (Lipinski definition) is 2. The topological polar surface area (TPSA) is 54.9 Å². The summed E-state index contributed by atoms with van der Waals surface area (Å²) in [6.07, 6.45) is 0.652. The summed E-state index contributed by atoms with van der Waals surface area (Å²) in [5, 5.41) is 0.551. The molecule has 0 radical (unpaired) electrons. The molecule has 2 aromatic carbocycles. The number of rotatable bonds is 3. The average Bonchev–Trinajstić information content (AvgIpc) is 2.49. The van der Waals surface area contributed by atoms with E-state index in [1.54, 1.807) is 12.1 Å². The highest BCUT2D eigenvalue weighted by atomic mass is 127. The van der Waals surface area contributed by atoms with E-state index in [9.17, 15) is 9.59 Å². The van der Waals surface area contributed by atoms with Crippen LogP contribution in [0.5, 0.6) is 0 Å². The molecule has 0 bridgehead atoms. The number of nitrogens with one attached hydrogen (secondary N) is 1. The first-order chi connectivity index (χ1) is 10.1. The number of aryl methyl sites for hydroxylation is 1. The fourth-order valence-electron chi connectivity index (χ4n) is 2.31. The maximum atomic E-state index is 12.5. The average molecular weight is 392 g/mol. The molecule has 1 aromatic heterocycles. The van der Waals surface area contributed by atoms with Crippen molar-refractivity contribution in [2.24, 2.45) is 0 Å². The number of benzene rings is 2. The minimum Gasteiger partial charge on any atom is -0.307 e. The molecule has 3 aromatic rings. The van der Waals surface area contributed by atoms with Crippen molar-refractivity contribution in [1.82, 2.24) is 9.55 Å². The molecule has 1 N–H and O–H groups in total. The highest BCUT2D eigenvalue weighted by Crippen LogP contribution is 2.11. The summed E-state index contributed by atoms with van der Waals surface area (Å²) in [7, 11) is 0. The number of H-pyrrole nitrogens is 1. The van der Waals surface area contributed by atoms with Crippen molar-refractivity contribution in [3.8, 4) is 0 Å². The van der Waals surface area contributed by atoms with Crippen molar-refractivity contribution in [2.75, 3.05) is 0 Å². The summed E-state index contributed by atoms with van der Waals surface area (Å²) in [6, 6.07) is 15.3. The molecule has 106 valence electrons.